The van der Waals surface area contributed by atoms with Gasteiger partial charge in [-0.1, -0.05) is 18.2 Å². The highest BCUT2D eigenvalue weighted by Gasteiger charge is 2.32. The van der Waals surface area contributed by atoms with E-state index in [1.165, 1.54) is 6.07 Å². The third-order valence-electron chi connectivity index (χ3n) is 5.56. The first-order valence-electron chi connectivity index (χ1n) is 10.2. The Hall–Kier alpha value is -2.64. The van der Waals surface area contributed by atoms with Crippen LogP contribution in [0.15, 0.2) is 24.3 Å². The summed E-state index contributed by atoms with van der Waals surface area (Å²) >= 11 is 0. The summed E-state index contributed by atoms with van der Waals surface area (Å²) in [6.45, 7) is 3.68. The van der Waals surface area contributed by atoms with E-state index in [4.69, 9.17) is 4.74 Å². The molecule has 0 aromatic heterocycles. The number of likely N-dealkylation sites (tertiary alicyclic amines) is 2. The molecular formula is C21H28FN3O4. The molecule has 158 valence electrons. The van der Waals surface area contributed by atoms with Crippen LogP contribution in [-0.4, -0.2) is 60.0 Å². The van der Waals surface area contributed by atoms with Crippen molar-refractivity contribution in [2.24, 2.45) is 5.92 Å². The van der Waals surface area contributed by atoms with Crippen LogP contribution in [0.3, 0.4) is 0 Å². The molecule has 1 aromatic carbocycles. The van der Waals surface area contributed by atoms with Gasteiger partial charge in [0.2, 0.25) is 11.8 Å². The smallest absolute Gasteiger partial charge is 0.409 e. The van der Waals surface area contributed by atoms with Gasteiger partial charge in [0, 0.05) is 44.2 Å². The fourth-order valence-corrected chi connectivity index (χ4v) is 3.85. The first kappa shape index (κ1) is 21.1. The third kappa shape index (κ3) is 5.46. The Balaban J connectivity index is 1.50. The number of ether oxygens (including phenoxy) is 1. The van der Waals surface area contributed by atoms with Gasteiger partial charge >= 0.3 is 6.09 Å². The minimum absolute atomic E-state index is 0.00539. The molecule has 2 fully saturated rings. The first-order chi connectivity index (χ1) is 14.0. The van der Waals surface area contributed by atoms with Crippen molar-refractivity contribution in [1.29, 1.82) is 0 Å². The number of nitrogens with one attached hydrogen (secondary N) is 1. The molecule has 0 saturated carbocycles. The fourth-order valence-electron chi connectivity index (χ4n) is 3.85. The molecule has 1 N–H and O–H groups in total. The molecule has 1 atom stereocenters. The predicted molar refractivity (Wildman–Crippen MR) is 104 cm³/mol. The maximum atomic E-state index is 13.9. The standard InChI is InChI=1S/C21H28FN3O4/c1-2-29-21(28)24-11-9-17(10-12-24)23-20(27)16-7-8-19(26)25(14-16)13-15-5-3-4-6-18(15)22/h3-6,16-17H,2,7-14H2,1H3,(H,23,27)/t16-/m0/s1. The van der Waals surface area contributed by atoms with E-state index < -0.39 is 0 Å². The van der Waals surface area contributed by atoms with Crippen molar-refractivity contribution in [3.05, 3.63) is 35.6 Å². The van der Waals surface area contributed by atoms with Gasteiger partial charge in [-0.3, -0.25) is 9.59 Å². The van der Waals surface area contributed by atoms with Crippen LogP contribution in [-0.2, 0) is 20.9 Å². The first-order valence-corrected chi connectivity index (χ1v) is 10.2. The van der Waals surface area contributed by atoms with E-state index in [2.05, 4.69) is 5.32 Å². The second kappa shape index (κ2) is 9.71. The largest absolute Gasteiger partial charge is 0.450 e. The zero-order valence-corrected chi connectivity index (χ0v) is 16.7. The zero-order valence-electron chi connectivity index (χ0n) is 16.7. The topological polar surface area (TPSA) is 79.0 Å². The number of carbonyl (C=O) groups excluding carboxylic acids is 3. The van der Waals surface area contributed by atoms with Gasteiger partial charge in [-0.15, -0.1) is 0 Å². The SMILES string of the molecule is CCOC(=O)N1CCC(NC(=O)[C@H]2CCC(=O)N(Cc3ccccc3F)C2)CC1. The summed E-state index contributed by atoms with van der Waals surface area (Å²) in [6.07, 6.45) is 1.82. The third-order valence-corrected chi connectivity index (χ3v) is 5.56. The van der Waals surface area contributed by atoms with Crippen LogP contribution in [0, 0.1) is 11.7 Å². The lowest BCUT2D eigenvalue weighted by Crippen LogP contribution is -2.51. The molecule has 29 heavy (non-hydrogen) atoms. The molecule has 1 aromatic rings. The summed E-state index contributed by atoms with van der Waals surface area (Å²) in [6, 6.07) is 6.38. The highest BCUT2D eigenvalue weighted by molar-refractivity contribution is 5.84. The maximum absolute atomic E-state index is 13.9. The Labute approximate surface area is 170 Å². The molecule has 0 aliphatic carbocycles. The van der Waals surface area contributed by atoms with E-state index in [0.29, 0.717) is 51.1 Å². The number of hydrogen-bond acceptors (Lipinski definition) is 4. The van der Waals surface area contributed by atoms with Crippen LogP contribution in [0.1, 0.15) is 38.2 Å². The number of hydrogen-bond donors (Lipinski definition) is 1. The van der Waals surface area contributed by atoms with Crippen molar-refractivity contribution >= 4 is 17.9 Å². The number of carbonyl (C=O) groups is 3. The normalized spacial score (nSPS) is 20.5. The molecule has 2 saturated heterocycles. The number of halogens is 1. The van der Waals surface area contributed by atoms with Gasteiger partial charge in [-0.25, -0.2) is 9.18 Å². The Morgan fingerprint density at radius 2 is 1.93 bits per heavy atom. The summed E-state index contributed by atoms with van der Waals surface area (Å²) in [7, 11) is 0. The molecule has 7 nitrogen and oxygen atoms in total. The highest BCUT2D eigenvalue weighted by Crippen LogP contribution is 2.22. The average Bonchev–Trinajstić information content (AvgIpc) is 2.72. The van der Waals surface area contributed by atoms with Gasteiger partial charge in [-0.2, -0.15) is 0 Å². The second-order valence-electron chi connectivity index (χ2n) is 7.57. The van der Waals surface area contributed by atoms with Crippen LogP contribution in [0.25, 0.3) is 0 Å². The Morgan fingerprint density at radius 3 is 2.62 bits per heavy atom. The van der Waals surface area contributed by atoms with Crippen molar-refractivity contribution in [3.63, 3.8) is 0 Å². The molecular weight excluding hydrogens is 377 g/mol. The summed E-state index contributed by atoms with van der Waals surface area (Å²) in [5.41, 5.74) is 0.452. The molecule has 0 bridgehead atoms. The van der Waals surface area contributed by atoms with Crippen LogP contribution < -0.4 is 5.32 Å². The summed E-state index contributed by atoms with van der Waals surface area (Å²) in [5, 5.41) is 3.06. The molecule has 8 heteroatoms. The Kier molecular flexibility index (Phi) is 7.06. The minimum atomic E-state index is -0.347. The van der Waals surface area contributed by atoms with Gasteiger partial charge < -0.3 is 19.9 Å². The van der Waals surface area contributed by atoms with Gasteiger partial charge in [0.15, 0.2) is 0 Å². The van der Waals surface area contributed by atoms with Crippen molar-refractivity contribution in [3.8, 4) is 0 Å². The lowest BCUT2D eigenvalue weighted by molar-refractivity contribution is -0.139. The van der Waals surface area contributed by atoms with Crippen molar-refractivity contribution in [2.45, 2.75) is 45.2 Å². The van der Waals surface area contributed by atoms with Crippen molar-refractivity contribution in [2.75, 3.05) is 26.2 Å². The van der Waals surface area contributed by atoms with E-state index in [1.54, 1.807) is 34.9 Å². The zero-order chi connectivity index (χ0) is 20.8. The van der Waals surface area contributed by atoms with E-state index in [9.17, 15) is 18.8 Å². The monoisotopic (exact) mass is 405 g/mol. The number of amides is 3. The van der Waals surface area contributed by atoms with Crippen LogP contribution in [0.4, 0.5) is 9.18 Å². The van der Waals surface area contributed by atoms with E-state index >= 15 is 0 Å². The molecule has 0 radical (unpaired) electrons. The molecule has 0 spiro atoms. The van der Waals surface area contributed by atoms with Crippen LogP contribution in [0.5, 0.6) is 0 Å². The summed E-state index contributed by atoms with van der Waals surface area (Å²) in [4.78, 5) is 40.0. The summed E-state index contributed by atoms with van der Waals surface area (Å²) < 4.78 is 18.9. The number of benzene rings is 1. The quantitative estimate of drug-likeness (QED) is 0.815. The Morgan fingerprint density at radius 1 is 1.21 bits per heavy atom. The van der Waals surface area contributed by atoms with Gasteiger partial charge in [-0.05, 0) is 32.3 Å². The average molecular weight is 405 g/mol. The molecule has 3 amide bonds. The van der Waals surface area contributed by atoms with Crippen molar-refractivity contribution in [1.82, 2.24) is 15.1 Å². The lowest BCUT2D eigenvalue weighted by atomic mass is 9.95. The van der Waals surface area contributed by atoms with Crippen molar-refractivity contribution < 1.29 is 23.5 Å². The Bertz CT molecular complexity index is 749. The van der Waals surface area contributed by atoms with Gasteiger partial charge in [0.1, 0.15) is 5.82 Å². The second-order valence-corrected chi connectivity index (χ2v) is 7.57. The van der Waals surface area contributed by atoms with E-state index in [-0.39, 0.29) is 48.7 Å². The van der Waals surface area contributed by atoms with Gasteiger partial charge in [0.05, 0.1) is 12.5 Å². The highest BCUT2D eigenvalue weighted by atomic mass is 19.1. The number of piperidine rings is 2. The van der Waals surface area contributed by atoms with E-state index in [0.717, 1.165) is 0 Å². The van der Waals surface area contributed by atoms with Gasteiger partial charge in [0.25, 0.3) is 0 Å². The van der Waals surface area contributed by atoms with Crippen LogP contribution >= 0.6 is 0 Å². The minimum Gasteiger partial charge on any atom is -0.450 e. The fraction of sp³-hybridized carbons (Fsp3) is 0.571. The van der Waals surface area contributed by atoms with Crippen LogP contribution in [0.2, 0.25) is 0 Å². The summed E-state index contributed by atoms with van der Waals surface area (Å²) in [5.74, 6) is -0.784. The molecule has 3 rings (SSSR count). The predicted octanol–water partition coefficient (Wildman–Crippen LogP) is 2.30. The number of nitrogens with zero attached hydrogens (tertiary/aromatic N) is 2. The van der Waals surface area contributed by atoms with E-state index in [1.807, 2.05) is 0 Å². The molecule has 2 heterocycles. The lowest BCUT2D eigenvalue weighted by Gasteiger charge is -2.35. The molecule has 2 aliphatic heterocycles. The number of rotatable bonds is 5. The molecule has 0 unspecified atom stereocenters. The molecule has 2 aliphatic rings. The maximum Gasteiger partial charge on any atom is 0.409 e.